The standard InChI is InChI=1S/C23H27NO5S/c1-17-7-9-19(10-8-17)22(25)18(2)29-23(26)20-11-13-21(14-12-20)30(27,28)24-15-5-3-4-6-16-24/h7-14,18H,3-6,15-16H2,1-2H3/t18-/m0/s1. The van der Waals surface area contributed by atoms with Gasteiger partial charge in [0.05, 0.1) is 10.5 Å². The Morgan fingerprint density at radius 3 is 1.97 bits per heavy atom. The third kappa shape index (κ3) is 5.15. The molecule has 1 saturated heterocycles. The van der Waals surface area contributed by atoms with E-state index in [1.807, 2.05) is 19.1 Å². The molecule has 1 aliphatic rings. The summed E-state index contributed by atoms with van der Waals surface area (Å²) in [6, 6.07) is 12.7. The second-order valence-corrected chi connectivity index (χ2v) is 9.56. The van der Waals surface area contributed by atoms with Gasteiger partial charge in [-0.2, -0.15) is 4.31 Å². The van der Waals surface area contributed by atoms with Crippen LogP contribution >= 0.6 is 0 Å². The van der Waals surface area contributed by atoms with Crippen molar-refractivity contribution in [1.29, 1.82) is 0 Å². The van der Waals surface area contributed by atoms with Crippen molar-refractivity contribution in [3.05, 3.63) is 65.2 Å². The van der Waals surface area contributed by atoms with Crippen molar-refractivity contribution in [1.82, 2.24) is 4.31 Å². The van der Waals surface area contributed by atoms with Gasteiger partial charge in [-0.3, -0.25) is 4.79 Å². The number of Topliss-reactive ketones (excluding diaryl/α,β-unsaturated/α-hetero) is 1. The molecule has 0 aromatic heterocycles. The smallest absolute Gasteiger partial charge is 0.338 e. The maximum Gasteiger partial charge on any atom is 0.338 e. The summed E-state index contributed by atoms with van der Waals surface area (Å²) in [5.41, 5.74) is 1.71. The number of hydrogen-bond donors (Lipinski definition) is 0. The summed E-state index contributed by atoms with van der Waals surface area (Å²) in [5.74, 6) is -0.953. The fourth-order valence-electron chi connectivity index (χ4n) is 3.43. The zero-order valence-corrected chi connectivity index (χ0v) is 18.2. The highest BCUT2D eigenvalue weighted by Crippen LogP contribution is 2.21. The van der Waals surface area contributed by atoms with Gasteiger partial charge in [-0.25, -0.2) is 13.2 Å². The largest absolute Gasteiger partial charge is 0.451 e. The van der Waals surface area contributed by atoms with E-state index >= 15 is 0 Å². The maximum absolute atomic E-state index is 12.8. The molecule has 6 nitrogen and oxygen atoms in total. The van der Waals surface area contributed by atoms with E-state index in [0.717, 1.165) is 31.2 Å². The quantitative estimate of drug-likeness (QED) is 0.512. The minimum Gasteiger partial charge on any atom is -0.451 e. The molecular formula is C23H27NO5S. The van der Waals surface area contributed by atoms with Gasteiger partial charge in [-0.1, -0.05) is 42.7 Å². The number of carbonyl (C=O) groups excluding carboxylic acids is 2. The normalized spacial score (nSPS) is 16.5. The molecule has 2 aromatic carbocycles. The Morgan fingerprint density at radius 1 is 0.867 bits per heavy atom. The zero-order valence-electron chi connectivity index (χ0n) is 17.3. The van der Waals surface area contributed by atoms with E-state index in [0.29, 0.717) is 18.7 Å². The summed E-state index contributed by atoms with van der Waals surface area (Å²) in [7, 11) is -3.58. The number of aryl methyl sites for hydroxylation is 1. The average Bonchev–Trinajstić information content (AvgIpc) is 3.04. The van der Waals surface area contributed by atoms with Gasteiger partial charge in [0.1, 0.15) is 0 Å². The van der Waals surface area contributed by atoms with Gasteiger partial charge in [0, 0.05) is 18.7 Å². The number of nitrogens with zero attached hydrogens (tertiary/aromatic N) is 1. The van der Waals surface area contributed by atoms with Crippen LogP contribution in [0.5, 0.6) is 0 Å². The summed E-state index contributed by atoms with van der Waals surface area (Å²) in [6.45, 7) is 4.49. The first kappa shape index (κ1) is 22.2. The zero-order chi connectivity index (χ0) is 21.7. The van der Waals surface area contributed by atoms with Gasteiger partial charge >= 0.3 is 5.97 Å². The van der Waals surface area contributed by atoms with Crippen LogP contribution in [-0.4, -0.2) is 43.7 Å². The topological polar surface area (TPSA) is 80.8 Å². The Kier molecular flexibility index (Phi) is 7.05. The number of sulfonamides is 1. The Morgan fingerprint density at radius 2 is 1.40 bits per heavy atom. The number of ether oxygens (including phenoxy) is 1. The van der Waals surface area contributed by atoms with Crippen LogP contribution in [0.4, 0.5) is 0 Å². The summed E-state index contributed by atoms with van der Waals surface area (Å²) >= 11 is 0. The number of carbonyl (C=O) groups is 2. The van der Waals surface area contributed by atoms with Crippen LogP contribution in [0.1, 0.15) is 58.9 Å². The van der Waals surface area contributed by atoms with Crippen molar-refractivity contribution in [3.63, 3.8) is 0 Å². The van der Waals surface area contributed by atoms with Crippen LogP contribution < -0.4 is 0 Å². The monoisotopic (exact) mass is 429 g/mol. The minimum atomic E-state index is -3.58. The van der Waals surface area contributed by atoms with Crippen LogP contribution in [0.25, 0.3) is 0 Å². The molecule has 0 aliphatic carbocycles. The Hall–Kier alpha value is -2.51. The second-order valence-electron chi connectivity index (χ2n) is 7.62. The maximum atomic E-state index is 12.8. The van der Waals surface area contributed by atoms with Crippen molar-refractivity contribution >= 4 is 21.8 Å². The van der Waals surface area contributed by atoms with Crippen LogP contribution in [0.3, 0.4) is 0 Å². The Labute approximate surface area is 177 Å². The molecule has 0 unspecified atom stereocenters. The van der Waals surface area contributed by atoms with Crippen LogP contribution in [0.2, 0.25) is 0 Å². The number of ketones is 1. The molecule has 1 fully saturated rings. The first-order valence-corrected chi connectivity index (χ1v) is 11.6. The third-order valence-electron chi connectivity index (χ3n) is 5.28. The lowest BCUT2D eigenvalue weighted by Gasteiger charge is -2.20. The second kappa shape index (κ2) is 9.53. The number of hydrogen-bond acceptors (Lipinski definition) is 5. The van der Waals surface area contributed by atoms with Crippen molar-refractivity contribution in [2.75, 3.05) is 13.1 Å². The molecule has 2 aromatic rings. The molecule has 1 heterocycles. The van der Waals surface area contributed by atoms with Gasteiger partial charge in [-0.05, 0) is 51.0 Å². The van der Waals surface area contributed by atoms with E-state index in [9.17, 15) is 18.0 Å². The molecule has 3 rings (SSSR count). The lowest BCUT2D eigenvalue weighted by Crippen LogP contribution is -2.32. The summed E-state index contributed by atoms with van der Waals surface area (Å²) in [4.78, 5) is 25.0. The Bertz CT molecular complexity index is 989. The van der Waals surface area contributed by atoms with Crippen LogP contribution in [-0.2, 0) is 14.8 Å². The summed E-state index contributed by atoms with van der Waals surface area (Å²) < 4.78 is 32.5. The SMILES string of the molecule is Cc1ccc(C(=O)[C@H](C)OC(=O)c2ccc(S(=O)(=O)N3CCCCCC3)cc2)cc1. The van der Waals surface area contributed by atoms with Gasteiger partial charge in [0.2, 0.25) is 15.8 Å². The fraction of sp³-hybridized carbons (Fsp3) is 0.391. The van der Waals surface area contributed by atoms with Gasteiger partial charge in [-0.15, -0.1) is 0 Å². The van der Waals surface area contributed by atoms with Crippen molar-refractivity contribution in [3.8, 4) is 0 Å². The highest BCUT2D eigenvalue weighted by atomic mass is 32.2. The third-order valence-corrected chi connectivity index (χ3v) is 7.19. The molecule has 0 radical (unpaired) electrons. The van der Waals surface area contributed by atoms with Crippen LogP contribution in [0.15, 0.2) is 53.4 Å². The Balaban J connectivity index is 1.67. The molecule has 0 amide bonds. The van der Waals surface area contributed by atoms with E-state index in [1.54, 1.807) is 12.1 Å². The first-order chi connectivity index (χ1) is 14.3. The molecule has 7 heteroatoms. The lowest BCUT2D eigenvalue weighted by atomic mass is 10.1. The van der Waals surface area contributed by atoms with Crippen molar-refractivity contribution < 1.29 is 22.7 Å². The highest BCUT2D eigenvalue weighted by molar-refractivity contribution is 7.89. The first-order valence-electron chi connectivity index (χ1n) is 10.2. The summed E-state index contributed by atoms with van der Waals surface area (Å²) in [6.07, 6.45) is 2.85. The molecule has 1 atom stereocenters. The van der Waals surface area contributed by atoms with Gasteiger partial charge in [0.15, 0.2) is 6.10 Å². The predicted octanol–water partition coefficient (Wildman–Crippen LogP) is 3.99. The van der Waals surface area contributed by atoms with E-state index in [4.69, 9.17) is 4.74 Å². The molecule has 0 spiro atoms. The van der Waals surface area contributed by atoms with Gasteiger partial charge in [0.25, 0.3) is 0 Å². The number of esters is 1. The molecule has 0 saturated carbocycles. The van der Waals surface area contributed by atoms with Crippen LogP contribution in [0, 0.1) is 6.92 Å². The molecule has 160 valence electrons. The van der Waals surface area contributed by atoms with E-state index in [-0.39, 0.29) is 16.2 Å². The van der Waals surface area contributed by atoms with Crippen molar-refractivity contribution in [2.24, 2.45) is 0 Å². The lowest BCUT2D eigenvalue weighted by molar-refractivity contribution is 0.0318. The predicted molar refractivity (Wildman–Crippen MR) is 114 cm³/mol. The molecule has 1 aliphatic heterocycles. The van der Waals surface area contributed by atoms with E-state index in [1.165, 1.54) is 35.5 Å². The number of rotatable bonds is 6. The summed E-state index contributed by atoms with van der Waals surface area (Å²) in [5, 5.41) is 0. The molecule has 30 heavy (non-hydrogen) atoms. The van der Waals surface area contributed by atoms with Gasteiger partial charge < -0.3 is 4.74 Å². The average molecular weight is 430 g/mol. The highest BCUT2D eigenvalue weighted by Gasteiger charge is 2.26. The molecular weight excluding hydrogens is 402 g/mol. The molecule has 0 N–H and O–H groups in total. The molecule has 0 bridgehead atoms. The van der Waals surface area contributed by atoms with E-state index in [2.05, 4.69) is 0 Å². The van der Waals surface area contributed by atoms with E-state index < -0.39 is 22.1 Å². The minimum absolute atomic E-state index is 0.157. The number of benzene rings is 2. The van der Waals surface area contributed by atoms with Crippen molar-refractivity contribution in [2.45, 2.75) is 50.5 Å². The fourth-order valence-corrected chi connectivity index (χ4v) is 4.95.